The van der Waals surface area contributed by atoms with Crippen molar-refractivity contribution < 1.29 is 23.1 Å². The van der Waals surface area contributed by atoms with Gasteiger partial charge in [-0.1, -0.05) is 30.3 Å². The molecule has 8 heteroatoms. The van der Waals surface area contributed by atoms with E-state index in [9.17, 15) is 18.8 Å². The van der Waals surface area contributed by atoms with Crippen molar-refractivity contribution in [2.75, 3.05) is 0 Å². The van der Waals surface area contributed by atoms with E-state index in [1.807, 2.05) is 24.3 Å². The fourth-order valence-corrected chi connectivity index (χ4v) is 4.59. The van der Waals surface area contributed by atoms with Gasteiger partial charge >= 0.3 is 0 Å². The molecule has 4 aromatic rings. The molecule has 6 nitrogen and oxygen atoms in total. The summed E-state index contributed by atoms with van der Waals surface area (Å²) in [5.41, 5.74) is 4.30. The van der Waals surface area contributed by atoms with Crippen LogP contribution in [0.3, 0.4) is 0 Å². The van der Waals surface area contributed by atoms with Crippen molar-refractivity contribution in [1.82, 2.24) is 4.98 Å². The number of hydrogen-bond donors (Lipinski definition) is 0. The summed E-state index contributed by atoms with van der Waals surface area (Å²) in [5, 5.41) is 16.4. The lowest BCUT2D eigenvalue weighted by Crippen LogP contribution is -2.33. The smallest absolute Gasteiger partial charge is 0.216 e. The van der Waals surface area contributed by atoms with Crippen molar-refractivity contribution in [2.24, 2.45) is 5.16 Å². The van der Waals surface area contributed by atoms with E-state index in [2.05, 4.69) is 10.1 Å². The molecule has 0 aliphatic carbocycles. The molecule has 192 valence electrons. The first-order valence-electron chi connectivity index (χ1n) is 12.3. The highest BCUT2D eigenvalue weighted by molar-refractivity contribution is 6.06. The molecule has 3 heterocycles. The van der Waals surface area contributed by atoms with Crippen LogP contribution in [-0.2, 0) is 4.84 Å². The first kappa shape index (κ1) is 25.2. The fourth-order valence-electron chi connectivity index (χ4n) is 4.59. The number of aryl methyl sites for hydroxylation is 1. The molecule has 0 unspecified atom stereocenters. The molecular weight excluding hydrogens is 488 g/mol. The zero-order chi connectivity index (χ0) is 26.8. The Labute approximate surface area is 218 Å². The highest BCUT2D eigenvalue weighted by Gasteiger charge is 2.27. The summed E-state index contributed by atoms with van der Waals surface area (Å²) in [6, 6.07) is 18.2. The van der Waals surface area contributed by atoms with Crippen molar-refractivity contribution in [1.29, 1.82) is 0 Å². The first-order chi connectivity index (χ1) is 18.3. The number of halogens is 2. The summed E-state index contributed by atoms with van der Waals surface area (Å²) >= 11 is 0. The van der Waals surface area contributed by atoms with Crippen LogP contribution in [0.15, 0.2) is 84.3 Å². The maximum absolute atomic E-state index is 15.0. The Morgan fingerprint density at radius 3 is 2.66 bits per heavy atom. The van der Waals surface area contributed by atoms with E-state index in [0.29, 0.717) is 39.1 Å². The van der Waals surface area contributed by atoms with E-state index in [1.165, 1.54) is 18.2 Å². The third-order valence-corrected chi connectivity index (χ3v) is 6.62. The van der Waals surface area contributed by atoms with E-state index in [1.54, 1.807) is 44.3 Å². The van der Waals surface area contributed by atoms with Crippen LogP contribution < -0.4 is 4.73 Å². The minimum Gasteiger partial charge on any atom is -0.618 e. The van der Waals surface area contributed by atoms with Crippen LogP contribution in [-0.4, -0.2) is 16.5 Å². The number of rotatable bonds is 7. The van der Waals surface area contributed by atoms with Crippen LogP contribution in [0.5, 0.6) is 0 Å². The van der Waals surface area contributed by atoms with E-state index < -0.39 is 17.6 Å². The van der Waals surface area contributed by atoms with Crippen molar-refractivity contribution in [3.05, 3.63) is 124 Å². The Kier molecular flexibility index (Phi) is 6.96. The van der Waals surface area contributed by atoms with Crippen LogP contribution >= 0.6 is 0 Å². The molecule has 0 saturated heterocycles. The number of Topliss-reactive ketones (excluding diaryl/α,β-unsaturated/α-hetero) is 1. The van der Waals surface area contributed by atoms with E-state index in [4.69, 9.17) is 4.84 Å². The summed E-state index contributed by atoms with van der Waals surface area (Å²) in [4.78, 5) is 23.4. The van der Waals surface area contributed by atoms with Crippen LogP contribution in [0.2, 0.25) is 0 Å². The first-order valence-corrected chi connectivity index (χ1v) is 12.3. The SMILES string of the molecule is Cc1ccc(-c2cc(C(=O)C[C@H](C)c3ccc(F)c[n+]3[O-])cc(C3=NO[C@H](c4ccccn4)C3)c2)c(F)c1. The summed E-state index contributed by atoms with van der Waals surface area (Å²) in [6.07, 6.45) is 2.60. The lowest BCUT2D eigenvalue weighted by molar-refractivity contribution is -0.617. The van der Waals surface area contributed by atoms with Gasteiger partial charge in [0, 0.05) is 47.7 Å². The third-order valence-electron chi connectivity index (χ3n) is 6.62. The molecule has 5 rings (SSSR count). The molecule has 2 aromatic heterocycles. The molecule has 1 aliphatic heterocycles. The van der Waals surface area contributed by atoms with Gasteiger partial charge in [-0.2, -0.15) is 4.73 Å². The molecular formula is C30H25F2N3O3. The maximum atomic E-state index is 15.0. The van der Waals surface area contributed by atoms with E-state index in [-0.39, 0.29) is 24.0 Å². The second kappa shape index (κ2) is 10.5. The normalized spacial score (nSPS) is 15.6. The number of pyridine rings is 2. The van der Waals surface area contributed by atoms with Gasteiger partial charge in [0.05, 0.1) is 11.4 Å². The highest BCUT2D eigenvalue weighted by Crippen LogP contribution is 2.32. The van der Waals surface area contributed by atoms with Crippen molar-refractivity contribution >= 4 is 11.5 Å². The van der Waals surface area contributed by atoms with Crippen LogP contribution in [0.25, 0.3) is 11.1 Å². The van der Waals surface area contributed by atoms with Gasteiger partial charge in [0.1, 0.15) is 5.82 Å². The Hall–Kier alpha value is -4.46. The number of carbonyl (C=O) groups excluding carboxylic acids is 1. The van der Waals surface area contributed by atoms with Crippen molar-refractivity contribution in [3.8, 4) is 11.1 Å². The van der Waals surface area contributed by atoms with Crippen molar-refractivity contribution in [3.63, 3.8) is 0 Å². The molecule has 2 atom stereocenters. The van der Waals surface area contributed by atoms with Crippen LogP contribution in [0.4, 0.5) is 8.78 Å². The third kappa shape index (κ3) is 5.29. The average Bonchev–Trinajstić information content (AvgIpc) is 3.39. The maximum Gasteiger partial charge on any atom is 0.216 e. The Morgan fingerprint density at radius 1 is 1.11 bits per heavy atom. The topological polar surface area (TPSA) is 78.5 Å². The second-order valence-electron chi connectivity index (χ2n) is 9.50. The minimum atomic E-state index is -0.650. The van der Waals surface area contributed by atoms with Gasteiger partial charge in [-0.15, -0.1) is 0 Å². The fraction of sp³-hybridized carbons (Fsp3) is 0.200. The molecule has 0 fully saturated rings. The predicted molar refractivity (Wildman–Crippen MR) is 139 cm³/mol. The minimum absolute atomic E-state index is 0.00663. The number of ketones is 1. The van der Waals surface area contributed by atoms with Gasteiger partial charge in [-0.05, 0) is 60.5 Å². The average molecular weight is 514 g/mol. The van der Waals surface area contributed by atoms with Gasteiger partial charge in [0.25, 0.3) is 0 Å². The predicted octanol–water partition coefficient (Wildman–Crippen LogP) is 6.21. The molecule has 2 aromatic carbocycles. The largest absolute Gasteiger partial charge is 0.618 e. The van der Waals surface area contributed by atoms with Gasteiger partial charge in [-0.25, -0.2) is 8.78 Å². The lowest BCUT2D eigenvalue weighted by atomic mass is 9.91. The molecule has 0 spiro atoms. The van der Waals surface area contributed by atoms with Gasteiger partial charge in [0.2, 0.25) is 6.20 Å². The molecule has 0 saturated carbocycles. The Morgan fingerprint density at radius 2 is 1.92 bits per heavy atom. The standard InChI is InChI=1S/C30H25F2N3O3/c1-18-6-8-24(25(32)11-18)20-13-21(27-16-30(38-34-27)26-5-3-4-10-33-26)15-22(14-20)29(36)12-19(2)28-9-7-23(31)17-35(28)37/h3-11,13-15,17,19,30H,12,16H2,1-2H3/t19-,30-/m0/s1. The number of oxime groups is 1. The van der Waals surface area contributed by atoms with E-state index in [0.717, 1.165) is 17.5 Å². The Bertz CT molecular complexity index is 1540. The van der Waals surface area contributed by atoms with Crippen LogP contribution in [0, 0.1) is 23.8 Å². The van der Waals surface area contributed by atoms with Gasteiger partial charge < -0.3 is 10.0 Å². The molecule has 38 heavy (non-hydrogen) atoms. The van der Waals surface area contributed by atoms with Crippen molar-refractivity contribution in [2.45, 2.75) is 38.7 Å². The van der Waals surface area contributed by atoms with Crippen LogP contribution in [0.1, 0.15) is 64.7 Å². The molecule has 0 radical (unpaired) electrons. The summed E-state index contributed by atoms with van der Waals surface area (Å²) < 4.78 is 28.8. The zero-order valence-electron chi connectivity index (χ0n) is 20.9. The quantitative estimate of drug-likeness (QED) is 0.167. The second-order valence-corrected chi connectivity index (χ2v) is 9.50. The molecule has 1 aliphatic rings. The number of aromatic nitrogens is 2. The number of carbonyl (C=O) groups is 1. The monoisotopic (exact) mass is 513 g/mol. The molecule has 0 N–H and O–H groups in total. The highest BCUT2D eigenvalue weighted by atomic mass is 19.1. The zero-order valence-corrected chi connectivity index (χ0v) is 20.9. The molecule has 0 amide bonds. The summed E-state index contributed by atoms with van der Waals surface area (Å²) in [6.45, 7) is 3.54. The number of hydrogen-bond acceptors (Lipinski definition) is 5. The lowest BCUT2D eigenvalue weighted by Gasteiger charge is -2.13. The molecule has 0 bridgehead atoms. The van der Waals surface area contributed by atoms with E-state index >= 15 is 0 Å². The number of benzene rings is 2. The van der Waals surface area contributed by atoms with Gasteiger partial charge in [-0.3, -0.25) is 9.78 Å². The summed E-state index contributed by atoms with van der Waals surface area (Å²) in [5.74, 6) is -1.75. The number of nitrogens with zero attached hydrogens (tertiary/aromatic N) is 3. The summed E-state index contributed by atoms with van der Waals surface area (Å²) in [7, 11) is 0. The Balaban J connectivity index is 1.49. The van der Waals surface area contributed by atoms with Gasteiger partial charge in [0.15, 0.2) is 23.4 Å².